The average molecular weight is 448 g/mol. The van der Waals surface area contributed by atoms with Gasteiger partial charge in [-0.15, -0.1) is 0 Å². The quantitative estimate of drug-likeness (QED) is 0.492. The minimum Gasteiger partial charge on any atom is -0.383 e. The summed E-state index contributed by atoms with van der Waals surface area (Å²) in [5, 5.41) is 5.35. The lowest BCUT2D eigenvalue weighted by atomic mass is 9.73. The highest BCUT2D eigenvalue weighted by atomic mass is 32.2. The Hall–Kier alpha value is -3.11. The molecular weight excluding hydrogens is 422 g/mol. The zero-order chi connectivity index (χ0) is 21.9. The number of imidazole rings is 1. The Labute approximate surface area is 189 Å². The zero-order valence-corrected chi connectivity index (χ0v) is 18.7. The molecule has 0 unspecified atom stereocenters. The lowest BCUT2D eigenvalue weighted by Crippen LogP contribution is -2.45. The van der Waals surface area contributed by atoms with Gasteiger partial charge in [0.15, 0.2) is 0 Å². The third-order valence-corrected chi connectivity index (χ3v) is 8.25. The van der Waals surface area contributed by atoms with Crippen LogP contribution in [-0.4, -0.2) is 42.2 Å². The molecule has 2 aliphatic rings. The molecule has 9 nitrogen and oxygen atoms in total. The predicted molar refractivity (Wildman–Crippen MR) is 124 cm³/mol. The smallest absolute Gasteiger partial charge is 0.133 e. The maximum atomic E-state index is 6.65. The van der Waals surface area contributed by atoms with Gasteiger partial charge >= 0.3 is 0 Å². The Morgan fingerprint density at radius 2 is 1.97 bits per heavy atom. The van der Waals surface area contributed by atoms with E-state index < -0.39 is 0 Å². The van der Waals surface area contributed by atoms with E-state index in [1.165, 1.54) is 0 Å². The van der Waals surface area contributed by atoms with Crippen molar-refractivity contribution in [2.45, 2.75) is 42.3 Å². The Morgan fingerprint density at radius 3 is 2.78 bits per heavy atom. The Bertz CT molecular complexity index is 1300. The summed E-state index contributed by atoms with van der Waals surface area (Å²) in [6.45, 7) is 4.75. The molecule has 1 spiro atoms. The first-order valence-electron chi connectivity index (χ1n) is 10.8. The van der Waals surface area contributed by atoms with Gasteiger partial charge in [0.2, 0.25) is 0 Å². The molecule has 0 radical (unpaired) electrons. The molecule has 0 bridgehead atoms. The standard InChI is InChI=1S/C22H25N9S/c1-14-17(3-6-26-20(14)24)32-21-16-10-25-13-30(16)18(11-27-21)29-8-4-22(5-9-29)12-31-15(19(22)23)2-7-28-31/h2-3,6-7,10-11,13,19H,4-5,8-9,12,23H2,1H3,(H2,24,26)/t19-/m1/s1. The van der Waals surface area contributed by atoms with Crippen molar-refractivity contribution in [3.63, 3.8) is 0 Å². The number of nitrogen functional groups attached to an aromatic ring is 1. The van der Waals surface area contributed by atoms with Crippen molar-refractivity contribution in [3.8, 4) is 0 Å². The second kappa shape index (κ2) is 7.21. The fourth-order valence-corrected chi connectivity index (χ4v) is 6.00. The number of hydrogen-bond donors (Lipinski definition) is 2. The summed E-state index contributed by atoms with van der Waals surface area (Å²) in [6, 6.07) is 4.08. The summed E-state index contributed by atoms with van der Waals surface area (Å²) in [6.07, 6.45) is 11.3. The second-order valence-electron chi connectivity index (χ2n) is 8.73. The van der Waals surface area contributed by atoms with Crippen LogP contribution in [0.25, 0.3) is 5.52 Å². The topological polar surface area (TPSA) is 116 Å². The number of nitrogens with zero attached hydrogens (tertiary/aromatic N) is 7. The van der Waals surface area contributed by atoms with Gasteiger partial charge in [0, 0.05) is 47.9 Å². The van der Waals surface area contributed by atoms with Crippen LogP contribution in [0.1, 0.15) is 30.1 Å². The first kappa shape index (κ1) is 19.6. The molecule has 0 aromatic carbocycles. The number of anilines is 2. The van der Waals surface area contributed by atoms with Crippen molar-refractivity contribution in [1.29, 1.82) is 0 Å². The van der Waals surface area contributed by atoms with E-state index in [0.29, 0.717) is 5.82 Å². The molecule has 0 aliphatic carbocycles. The van der Waals surface area contributed by atoms with Crippen LogP contribution in [0.3, 0.4) is 0 Å². The number of piperidine rings is 1. The molecule has 1 fully saturated rings. The SMILES string of the molecule is Cc1c(Sc2ncc(N3CCC4(CC3)Cn3nccc3[C@H]4N)n3cncc23)ccnc1N. The maximum absolute atomic E-state index is 6.65. The summed E-state index contributed by atoms with van der Waals surface area (Å²) in [5.74, 6) is 1.61. The summed E-state index contributed by atoms with van der Waals surface area (Å²) in [4.78, 5) is 16.8. The minimum atomic E-state index is 0.0494. The van der Waals surface area contributed by atoms with Gasteiger partial charge in [-0.05, 0) is 31.9 Å². The molecule has 1 saturated heterocycles. The van der Waals surface area contributed by atoms with Crippen LogP contribution in [0.15, 0.2) is 53.2 Å². The van der Waals surface area contributed by atoms with Crippen LogP contribution in [0.5, 0.6) is 0 Å². The lowest BCUT2D eigenvalue weighted by molar-refractivity contribution is 0.170. The third kappa shape index (κ3) is 2.90. The van der Waals surface area contributed by atoms with Gasteiger partial charge in [-0.3, -0.25) is 9.08 Å². The maximum Gasteiger partial charge on any atom is 0.133 e. The van der Waals surface area contributed by atoms with Crippen molar-refractivity contribution in [1.82, 2.24) is 29.1 Å². The fourth-order valence-electron chi connectivity index (χ4n) is 5.04. The van der Waals surface area contributed by atoms with Gasteiger partial charge in [0.1, 0.15) is 23.0 Å². The van der Waals surface area contributed by atoms with Gasteiger partial charge < -0.3 is 16.4 Å². The van der Waals surface area contributed by atoms with Crippen molar-refractivity contribution in [3.05, 3.63) is 54.5 Å². The molecule has 32 heavy (non-hydrogen) atoms. The van der Waals surface area contributed by atoms with Gasteiger partial charge in [-0.25, -0.2) is 15.0 Å². The van der Waals surface area contributed by atoms with Crippen LogP contribution in [0, 0.1) is 12.3 Å². The summed E-state index contributed by atoms with van der Waals surface area (Å²) < 4.78 is 4.21. The average Bonchev–Trinajstić information content (AvgIpc) is 3.51. The highest BCUT2D eigenvalue weighted by Crippen LogP contribution is 2.48. The molecule has 2 aliphatic heterocycles. The monoisotopic (exact) mass is 447 g/mol. The number of rotatable bonds is 3. The highest BCUT2D eigenvalue weighted by Gasteiger charge is 2.47. The van der Waals surface area contributed by atoms with E-state index in [1.807, 2.05) is 37.9 Å². The summed E-state index contributed by atoms with van der Waals surface area (Å²) in [5.41, 5.74) is 15.8. The van der Waals surface area contributed by atoms with E-state index in [1.54, 1.807) is 18.0 Å². The molecule has 164 valence electrons. The van der Waals surface area contributed by atoms with Crippen LogP contribution >= 0.6 is 11.8 Å². The van der Waals surface area contributed by atoms with Crippen molar-refractivity contribution in [2.75, 3.05) is 23.7 Å². The number of pyridine rings is 1. The summed E-state index contributed by atoms with van der Waals surface area (Å²) in [7, 11) is 0. The molecule has 1 atom stereocenters. The Morgan fingerprint density at radius 1 is 1.12 bits per heavy atom. The number of nitrogens with two attached hydrogens (primary N) is 2. The van der Waals surface area contributed by atoms with Crippen molar-refractivity contribution >= 4 is 28.9 Å². The van der Waals surface area contributed by atoms with E-state index >= 15 is 0 Å². The zero-order valence-electron chi connectivity index (χ0n) is 17.8. The molecule has 6 heterocycles. The first-order valence-corrected chi connectivity index (χ1v) is 11.6. The van der Waals surface area contributed by atoms with Crippen LogP contribution < -0.4 is 16.4 Å². The highest BCUT2D eigenvalue weighted by molar-refractivity contribution is 7.99. The van der Waals surface area contributed by atoms with Crippen LogP contribution in [0.4, 0.5) is 11.6 Å². The molecule has 4 N–H and O–H groups in total. The summed E-state index contributed by atoms with van der Waals surface area (Å²) >= 11 is 1.59. The van der Waals surface area contributed by atoms with E-state index in [4.69, 9.17) is 16.5 Å². The van der Waals surface area contributed by atoms with E-state index in [2.05, 4.69) is 35.1 Å². The number of aromatic nitrogens is 6. The van der Waals surface area contributed by atoms with Gasteiger partial charge in [-0.2, -0.15) is 5.10 Å². The Balaban J connectivity index is 1.26. The van der Waals surface area contributed by atoms with E-state index in [-0.39, 0.29) is 11.5 Å². The molecular formula is C22H25N9S. The van der Waals surface area contributed by atoms with Gasteiger partial charge in [0.25, 0.3) is 0 Å². The fraction of sp³-hybridized carbons (Fsp3) is 0.364. The van der Waals surface area contributed by atoms with Crippen LogP contribution in [-0.2, 0) is 6.54 Å². The van der Waals surface area contributed by atoms with Gasteiger partial charge in [0.05, 0.1) is 29.6 Å². The van der Waals surface area contributed by atoms with Crippen molar-refractivity contribution < 1.29 is 0 Å². The number of hydrogen-bond acceptors (Lipinski definition) is 8. The van der Waals surface area contributed by atoms with E-state index in [9.17, 15) is 0 Å². The van der Waals surface area contributed by atoms with Crippen LogP contribution in [0.2, 0.25) is 0 Å². The molecule has 0 amide bonds. The van der Waals surface area contributed by atoms with Crippen molar-refractivity contribution in [2.24, 2.45) is 11.1 Å². The first-order chi connectivity index (χ1) is 15.6. The Kier molecular flexibility index (Phi) is 4.41. The molecule has 4 aromatic rings. The predicted octanol–water partition coefficient (Wildman–Crippen LogP) is 2.66. The third-order valence-electron chi connectivity index (χ3n) is 7.08. The second-order valence-corrected chi connectivity index (χ2v) is 9.76. The normalized spacial score (nSPS) is 19.7. The molecule has 4 aromatic heterocycles. The molecule has 6 rings (SSSR count). The molecule has 10 heteroatoms. The number of fused-ring (bicyclic) bond motifs is 2. The minimum absolute atomic E-state index is 0.0494. The van der Waals surface area contributed by atoms with E-state index in [0.717, 1.165) is 65.0 Å². The lowest BCUT2D eigenvalue weighted by Gasteiger charge is -2.42. The van der Waals surface area contributed by atoms with Gasteiger partial charge in [-0.1, -0.05) is 11.8 Å². The molecule has 0 saturated carbocycles. The largest absolute Gasteiger partial charge is 0.383 e.